The molecule has 1 atom stereocenters. The Morgan fingerprint density at radius 1 is 1.30 bits per heavy atom. The second kappa shape index (κ2) is 7.91. The molecule has 4 nitrogen and oxygen atoms in total. The number of rotatable bonds is 4. The van der Waals surface area contributed by atoms with Crippen LogP contribution in [0.3, 0.4) is 0 Å². The summed E-state index contributed by atoms with van der Waals surface area (Å²) in [5.74, 6) is -0.315. The van der Waals surface area contributed by atoms with Crippen LogP contribution in [0.1, 0.15) is 45.4 Å². The van der Waals surface area contributed by atoms with Crippen LogP contribution in [0.2, 0.25) is 0 Å². The third-order valence-corrected chi connectivity index (χ3v) is 6.62. The van der Waals surface area contributed by atoms with Crippen LogP contribution >= 0.6 is 11.3 Å². The fourth-order valence-corrected chi connectivity index (χ4v) is 5.06. The average molecular weight is 433 g/mol. The van der Waals surface area contributed by atoms with Crippen LogP contribution in [-0.4, -0.2) is 17.4 Å². The maximum atomic E-state index is 14.0. The molecule has 8 heteroatoms. The number of benzene rings is 1. The standard InChI is InChI=1S/C22H22F3N3OS/c1-12-7-8-15-14(11-12)17(22(23,24)25)16-18(26)19(30-21(16)28-15)20(29)27-10-9-13-5-3-2-4-6-13/h2-6,12H,7-11,26H2,1H3,(H,27,29)/t12-/m0/s1. The van der Waals surface area contributed by atoms with Crippen LogP contribution < -0.4 is 11.1 Å². The zero-order chi connectivity index (χ0) is 21.5. The number of alkyl halides is 3. The van der Waals surface area contributed by atoms with Crippen LogP contribution in [0.15, 0.2) is 30.3 Å². The normalized spacial score (nSPS) is 16.5. The number of amides is 1. The van der Waals surface area contributed by atoms with E-state index in [1.165, 1.54) is 0 Å². The second-order valence-electron chi connectivity index (χ2n) is 7.77. The van der Waals surface area contributed by atoms with Gasteiger partial charge in [0.05, 0.1) is 11.3 Å². The molecule has 0 fully saturated rings. The molecule has 1 amide bonds. The van der Waals surface area contributed by atoms with Gasteiger partial charge in [0, 0.05) is 17.6 Å². The highest BCUT2D eigenvalue weighted by Gasteiger charge is 2.40. The molecule has 0 bridgehead atoms. The largest absolute Gasteiger partial charge is 0.417 e. The van der Waals surface area contributed by atoms with E-state index in [1.807, 2.05) is 37.3 Å². The van der Waals surface area contributed by atoms with Gasteiger partial charge in [0.25, 0.3) is 5.91 Å². The van der Waals surface area contributed by atoms with E-state index in [0.29, 0.717) is 31.5 Å². The predicted molar refractivity (Wildman–Crippen MR) is 113 cm³/mol. The van der Waals surface area contributed by atoms with E-state index >= 15 is 0 Å². The number of anilines is 1. The van der Waals surface area contributed by atoms with E-state index in [2.05, 4.69) is 10.3 Å². The number of nitrogens with zero attached hydrogens (tertiary/aromatic N) is 1. The van der Waals surface area contributed by atoms with Gasteiger partial charge in [-0.15, -0.1) is 11.3 Å². The maximum Gasteiger partial charge on any atom is 0.417 e. The molecule has 1 aliphatic carbocycles. The first-order valence-corrected chi connectivity index (χ1v) is 10.7. The summed E-state index contributed by atoms with van der Waals surface area (Å²) in [6, 6.07) is 9.63. The van der Waals surface area contributed by atoms with Gasteiger partial charge in [-0.2, -0.15) is 13.2 Å². The number of nitrogens with one attached hydrogen (secondary N) is 1. The Morgan fingerprint density at radius 2 is 2.03 bits per heavy atom. The van der Waals surface area contributed by atoms with Gasteiger partial charge in [-0.05, 0) is 42.7 Å². The first kappa shape index (κ1) is 20.7. The molecule has 1 aromatic carbocycles. The molecule has 1 aliphatic rings. The van der Waals surface area contributed by atoms with Gasteiger partial charge in [0.1, 0.15) is 9.71 Å². The molecule has 0 saturated carbocycles. The number of carbonyl (C=O) groups is 1. The quantitative estimate of drug-likeness (QED) is 0.609. The minimum absolute atomic E-state index is 0.0893. The lowest BCUT2D eigenvalue weighted by Gasteiger charge is -2.25. The molecular weight excluding hydrogens is 411 g/mol. The number of carbonyl (C=O) groups excluding carboxylic acids is 1. The number of nitrogens with two attached hydrogens (primary N) is 1. The predicted octanol–water partition coefficient (Wildman–Crippen LogP) is 4.99. The third-order valence-electron chi connectivity index (χ3n) is 5.52. The van der Waals surface area contributed by atoms with Crippen molar-refractivity contribution in [1.82, 2.24) is 10.3 Å². The summed E-state index contributed by atoms with van der Waals surface area (Å²) in [6.45, 7) is 2.31. The van der Waals surface area contributed by atoms with Crippen molar-refractivity contribution in [3.8, 4) is 0 Å². The zero-order valence-corrected chi connectivity index (χ0v) is 17.3. The smallest absolute Gasteiger partial charge is 0.397 e. The third kappa shape index (κ3) is 3.88. The number of halogens is 3. The number of pyridine rings is 1. The molecule has 3 N–H and O–H groups in total. The molecule has 0 spiro atoms. The molecule has 0 unspecified atom stereocenters. The topological polar surface area (TPSA) is 68.0 Å². The van der Waals surface area contributed by atoms with Gasteiger partial charge in [0.2, 0.25) is 0 Å². The number of hydrogen-bond acceptors (Lipinski definition) is 4. The van der Waals surface area contributed by atoms with Crippen LogP contribution in [0, 0.1) is 5.92 Å². The van der Waals surface area contributed by atoms with E-state index in [9.17, 15) is 18.0 Å². The van der Waals surface area contributed by atoms with Crippen LogP contribution in [0.25, 0.3) is 10.2 Å². The summed E-state index contributed by atoms with van der Waals surface area (Å²) in [5, 5.41) is 2.64. The fraction of sp³-hybridized carbons (Fsp3) is 0.364. The van der Waals surface area contributed by atoms with E-state index in [0.717, 1.165) is 23.3 Å². The van der Waals surface area contributed by atoms with Crippen LogP contribution in [0.5, 0.6) is 0 Å². The SMILES string of the molecule is C[C@H]1CCc2nc3sc(C(=O)NCCc4ccccc4)c(N)c3c(C(F)(F)F)c2C1. The van der Waals surface area contributed by atoms with Crippen molar-refractivity contribution in [3.63, 3.8) is 0 Å². The number of thiophene rings is 1. The van der Waals surface area contributed by atoms with Crippen molar-refractivity contribution in [3.05, 3.63) is 57.6 Å². The van der Waals surface area contributed by atoms with Crippen molar-refractivity contribution in [2.45, 2.75) is 38.8 Å². The lowest BCUT2D eigenvalue weighted by molar-refractivity contribution is -0.137. The Hall–Kier alpha value is -2.61. The second-order valence-corrected chi connectivity index (χ2v) is 8.77. The fourth-order valence-electron chi connectivity index (χ4n) is 4.02. The zero-order valence-electron chi connectivity index (χ0n) is 16.5. The number of aromatic nitrogens is 1. The minimum Gasteiger partial charge on any atom is -0.397 e. The van der Waals surface area contributed by atoms with E-state index in [1.54, 1.807) is 0 Å². The number of nitrogen functional groups attached to an aromatic ring is 1. The van der Waals surface area contributed by atoms with Gasteiger partial charge >= 0.3 is 6.18 Å². The Morgan fingerprint density at radius 3 is 2.73 bits per heavy atom. The highest BCUT2D eigenvalue weighted by Crippen LogP contribution is 2.46. The molecule has 0 saturated heterocycles. The summed E-state index contributed by atoms with van der Waals surface area (Å²) in [6.07, 6.45) is -2.31. The summed E-state index contributed by atoms with van der Waals surface area (Å²) >= 11 is 0.934. The lowest BCUT2D eigenvalue weighted by atomic mass is 9.84. The molecule has 2 aromatic heterocycles. The van der Waals surface area contributed by atoms with E-state index in [4.69, 9.17) is 5.73 Å². The highest BCUT2D eigenvalue weighted by atomic mass is 32.1. The molecule has 0 radical (unpaired) electrons. The maximum absolute atomic E-state index is 14.0. The number of fused-ring (bicyclic) bond motifs is 2. The molecule has 3 aromatic rings. The molecular formula is C22H22F3N3OS. The average Bonchev–Trinajstić information content (AvgIpc) is 3.02. The van der Waals surface area contributed by atoms with Gasteiger partial charge in [-0.1, -0.05) is 37.3 Å². The van der Waals surface area contributed by atoms with E-state index < -0.39 is 17.6 Å². The molecule has 30 heavy (non-hydrogen) atoms. The van der Waals surface area contributed by atoms with Crippen LogP contribution in [0.4, 0.5) is 18.9 Å². The van der Waals surface area contributed by atoms with Crippen molar-refractivity contribution in [2.24, 2.45) is 5.92 Å². The Kier molecular flexibility index (Phi) is 5.44. The van der Waals surface area contributed by atoms with Gasteiger partial charge < -0.3 is 11.1 Å². The molecule has 158 valence electrons. The van der Waals surface area contributed by atoms with Crippen LogP contribution in [-0.2, 0) is 25.4 Å². The number of hydrogen-bond donors (Lipinski definition) is 2. The van der Waals surface area contributed by atoms with Crippen molar-refractivity contribution in [1.29, 1.82) is 0 Å². The van der Waals surface area contributed by atoms with Crippen molar-refractivity contribution in [2.75, 3.05) is 12.3 Å². The van der Waals surface area contributed by atoms with Gasteiger partial charge in [-0.25, -0.2) is 4.98 Å². The molecule has 0 aliphatic heterocycles. The number of aryl methyl sites for hydroxylation is 1. The molecule has 4 rings (SSSR count). The van der Waals surface area contributed by atoms with Crippen molar-refractivity contribution < 1.29 is 18.0 Å². The Bertz CT molecular complexity index is 1090. The first-order valence-electron chi connectivity index (χ1n) is 9.88. The van der Waals surface area contributed by atoms with Crippen molar-refractivity contribution >= 4 is 33.1 Å². The lowest BCUT2D eigenvalue weighted by Crippen LogP contribution is -2.25. The van der Waals surface area contributed by atoms with Gasteiger partial charge in [0.15, 0.2) is 0 Å². The summed E-state index contributed by atoms with van der Waals surface area (Å²) < 4.78 is 42.1. The minimum atomic E-state index is -4.56. The molecule has 2 heterocycles. The van der Waals surface area contributed by atoms with E-state index in [-0.39, 0.29) is 32.3 Å². The Labute approximate surface area is 176 Å². The summed E-state index contributed by atoms with van der Waals surface area (Å²) in [5.41, 5.74) is 7.02. The van der Waals surface area contributed by atoms with Gasteiger partial charge in [-0.3, -0.25) is 4.79 Å². The first-order chi connectivity index (χ1) is 14.3. The highest BCUT2D eigenvalue weighted by molar-refractivity contribution is 7.21. The summed E-state index contributed by atoms with van der Waals surface area (Å²) in [4.78, 5) is 17.4. The monoisotopic (exact) mass is 433 g/mol. The Balaban J connectivity index is 1.68. The summed E-state index contributed by atoms with van der Waals surface area (Å²) in [7, 11) is 0.